The summed E-state index contributed by atoms with van der Waals surface area (Å²) in [5, 5.41) is 0.310. The van der Waals surface area contributed by atoms with E-state index in [4.69, 9.17) is 35.3 Å². The SMILES string of the molecule is C=C(C(=O)OCC)C(OC(=O)OC(C)(C)C)c1cc(Cl)ccc1OC/C=C(\C)C(=O)OCC. The first-order valence-electron chi connectivity index (χ1n) is 10.4. The monoisotopic (exact) mass is 482 g/mol. The normalized spacial score (nSPS) is 12.4. The maximum atomic E-state index is 12.4. The van der Waals surface area contributed by atoms with Crippen molar-refractivity contribution in [3.8, 4) is 5.75 Å². The predicted octanol–water partition coefficient (Wildman–Crippen LogP) is 5.34. The van der Waals surface area contributed by atoms with Crippen LogP contribution in [0.25, 0.3) is 0 Å². The Morgan fingerprint density at radius 2 is 1.70 bits per heavy atom. The van der Waals surface area contributed by atoms with E-state index in [0.717, 1.165) is 0 Å². The first-order chi connectivity index (χ1) is 15.4. The van der Waals surface area contributed by atoms with Crippen LogP contribution in [0.2, 0.25) is 5.02 Å². The maximum Gasteiger partial charge on any atom is 0.509 e. The van der Waals surface area contributed by atoms with Gasteiger partial charge in [0.05, 0.1) is 18.8 Å². The smallest absolute Gasteiger partial charge is 0.489 e. The van der Waals surface area contributed by atoms with Gasteiger partial charge in [0.25, 0.3) is 0 Å². The fourth-order valence-electron chi connectivity index (χ4n) is 2.46. The van der Waals surface area contributed by atoms with Crippen molar-refractivity contribution >= 4 is 29.7 Å². The zero-order chi connectivity index (χ0) is 25.2. The molecule has 33 heavy (non-hydrogen) atoms. The lowest BCUT2D eigenvalue weighted by molar-refractivity contribution is -0.140. The van der Waals surface area contributed by atoms with Gasteiger partial charge >= 0.3 is 18.1 Å². The van der Waals surface area contributed by atoms with Gasteiger partial charge in [-0.25, -0.2) is 14.4 Å². The van der Waals surface area contributed by atoms with Crippen LogP contribution in [0.5, 0.6) is 5.75 Å². The molecule has 0 fully saturated rings. The summed E-state index contributed by atoms with van der Waals surface area (Å²) in [5.41, 5.74) is -0.345. The minimum Gasteiger partial charge on any atom is -0.489 e. The summed E-state index contributed by atoms with van der Waals surface area (Å²) in [6, 6.07) is 4.60. The Hall–Kier alpha value is -3.00. The van der Waals surface area contributed by atoms with Gasteiger partial charge in [0.1, 0.15) is 18.0 Å². The van der Waals surface area contributed by atoms with Crippen molar-refractivity contribution in [2.24, 2.45) is 0 Å². The fourth-order valence-corrected chi connectivity index (χ4v) is 2.64. The predicted molar refractivity (Wildman–Crippen MR) is 123 cm³/mol. The fraction of sp³-hybridized carbons (Fsp3) is 0.458. The number of benzene rings is 1. The summed E-state index contributed by atoms with van der Waals surface area (Å²) >= 11 is 6.16. The van der Waals surface area contributed by atoms with Crippen LogP contribution in [0.3, 0.4) is 0 Å². The largest absolute Gasteiger partial charge is 0.509 e. The number of carbonyl (C=O) groups excluding carboxylic acids is 3. The van der Waals surface area contributed by atoms with E-state index >= 15 is 0 Å². The lowest BCUT2D eigenvalue weighted by Gasteiger charge is -2.25. The van der Waals surface area contributed by atoms with Crippen LogP contribution in [0.1, 0.15) is 53.2 Å². The first-order valence-corrected chi connectivity index (χ1v) is 10.8. The van der Waals surface area contributed by atoms with Crippen molar-refractivity contribution in [1.82, 2.24) is 0 Å². The molecule has 0 radical (unpaired) electrons. The molecule has 0 heterocycles. The Bertz CT molecular complexity index is 898. The lowest BCUT2D eigenvalue weighted by Crippen LogP contribution is -2.27. The van der Waals surface area contributed by atoms with E-state index in [0.29, 0.717) is 10.6 Å². The van der Waals surface area contributed by atoms with Crippen molar-refractivity contribution < 1.29 is 38.1 Å². The molecule has 1 aromatic rings. The second kappa shape index (κ2) is 12.9. The molecule has 0 saturated heterocycles. The molecule has 0 bridgehead atoms. The van der Waals surface area contributed by atoms with Gasteiger partial charge in [-0.1, -0.05) is 18.2 Å². The zero-order valence-corrected chi connectivity index (χ0v) is 20.6. The van der Waals surface area contributed by atoms with Gasteiger partial charge in [0.2, 0.25) is 0 Å². The van der Waals surface area contributed by atoms with Crippen LogP contribution in [-0.4, -0.2) is 43.5 Å². The van der Waals surface area contributed by atoms with Crippen LogP contribution < -0.4 is 4.74 Å². The van der Waals surface area contributed by atoms with E-state index in [9.17, 15) is 14.4 Å². The van der Waals surface area contributed by atoms with Gasteiger partial charge in [0, 0.05) is 16.2 Å². The van der Waals surface area contributed by atoms with Crippen LogP contribution >= 0.6 is 11.6 Å². The summed E-state index contributed by atoms with van der Waals surface area (Å²) in [7, 11) is 0. The topological polar surface area (TPSA) is 97.4 Å². The lowest BCUT2D eigenvalue weighted by atomic mass is 10.0. The van der Waals surface area contributed by atoms with Crippen LogP contribution in [-0.2, 0) is 28.5 Å². The molecule has 9 heteroatoms. The summed E-state index contributed by atoms with van der Waals surface area (Å²) < 4.78 is 26.4. The van der Waals surface area contributed by atoms with Gasteiger partial charge in [0.15, 0.2) is 6.10 Å². The zero-order valence-electron chi connectivity index (χ0n) is 19.9. The van der Waals surface area contributed by atoms with E-state index in [1.807, 2.05) is 0 Å². The van der Waals surface area contributed by atoms with E-state index < -0.39 is 29.8 Å². The number of halogens is 1. The first kappa shape index (κ1) is 28.0. The highest BCUT2D eigenvalue weighted by molar-refractivity contribution is 6.30. The van der Waals surface area contributed by atoms with Gasteiger partial charge in [-0.15, -0.1) is 0 Å². The molecule has 0 aliphatic rings. The molecule has 1 unspecified atom stereocenters. The quantitative estimate of drug-likeness (QED) is 0.250. The third kappa shape index (κ3) is 9.57. The van der Waals surface area contributed by atoms with Gasteiger partial charge in [-0.3, -0.25) is 0 Å². The molecule has 1 rings (SSSR count). The van der Waals surface area contributed by atoms with E-state index in [2.05, 4.69) is 6.58 Å². The molecule has 0 aliphatic carbocycles. The molecule has 0 saturated carbocycles. The number of hydrogen-bond donors (Lipinski definition) is 0. The maximum absolute atomic E-state index is 12.4. The minimum atomic E-state index is -1.29. The van der Waals surface area contributed by atoms with Crippen molar-refractivity contribution in [2.45, 2.75) is 53.2 Å². The van der Waals surface area contributed by atoms with E-state index in [-0.39, 0.29) is 36.7 Å². The Balaban J connectivity index is 3.27. The molecular formula is C24H31ClO8. The van der Waals surface area contributed by atoms with Crippen LogP contribution in [0.4, 0.5) is 4.79 Å². The Kier molecular flexibility index (Phi) is 10.9. The third-order valence-electron chi connectivity index (χ3n) is 3.94. The minimum absolute atomic E-state index is 0.00429. The van der Waals surface area contributed by atoms with Gasteiger partial charge in [-0.2, -0.15) is 0 Å². The van der Waals surface area contributed by atoms with Gasteiger partial charge in [-0.05, 0) is 65.8 Å². The van der Waals surface area contributed by atoms with Crippen LogP contribution in [0.15, 0.2) is 42.0 Å². The molecule has 0 aromatic heterocycles. The summed E-state index contributed by atoms with van der Waals surface area (Å²) in [6.07, 6.45) is -0.759. The Labute approximate surface area is 199 Å². The molecule has 0 N–H and O–H groups in total. The highest BCUT2D eigenvalue weighted by atomic mass is 35.5. The van der Waals surface area contributed by atoms with Crippen molar-refractivity contribution in [3.63, 3.8) is 0 Å². The highest BCUT2D eigenvalue weighted by Crippen LogP contribution is 2.36. The summed E-state index contributed by atoms with van der Waals surface area (Å²) in [6.45, 7) is 14.1. The van der Waals surface area contributed by atoms with Gasteiger partial charge < -0.3 is 23.7 Å². The second-order valence-electron chi connectivity index (χ2n) is 7.81. The molecule has 0 amide bonds. The Morgan fingerprint density at radius 1 is 1.09 bits per heavy atom. The number of ether oxygens (including phenoxy) is 5. The Morgan fingerprint density at radius 3 is 2.27 bits per heavy atom. The molecule has 8 nitrogen and oxygen atoms in total. The van der Waals surface area contributed by atoms with E-state index in [1.54, 1.807) is 59.8 Å². The van der Waals surface area contributed by atoms with Crippen molar-refractivity contribution in [2.75, 3.05) is 19.8 Å². The number of rotatable bonds is 10. The molecular weight excluding hydrogens is 452 g/mol. The standard InChI is InChI=1S/C24H31ClO8/c1-8-29-21(26)15(3)12-13-31-19-11-10-17(25)14-18(19)20(16(4)22(27)30-9-2)32-23(28)33-24(5,6)7/h10-12,14,20H,4,8-9,13H2,1-3,5-7H3/b15-12+. The van der Waals surface area contributed by atoms with Crippen LogP contribution in [0, 0.1) is 0 Å². The highest BCUT2D eigenvalue weighted by Gasteiger charge is 2.31. The average molecular weight is 483 g/mol. The number of hydrogen-bond acceptors (Lipinski definition) is 8. The van der Waals surface area contributed by atoms with Crippen molar-refractivity contribution in [3.05, 3.63) is 52.6 Å². The number of esters is 2. The average Bonchev–Trinajstić information content (AvgIpc) is 2.71. The number of carbonyl (C=O) groups is 3. The van der Waals surface area contributed by atoms with Crippen molar-refractivity contribution in [1.29, 1.82) is 0 Å². The van der Waals surface area contributed by atoms with E-state index in [1.165, 1.54) is 6.07 Å². The molecule has 0 spiro atoms. The summed E-state index contributed by atoms with van der Waals surface area (Å²) in [5.74, 6) is -0.958. The summed E-state index contributed by atoms with van der Waals surface area (Å²) in [4.78, 5) is 36.5. The second-order valence-corrected chi connectivity index (χ2v) is 8.25. The molecule has 1 aromatic carbocycles. The molecule has 182 valence electrons. The molecule has 1 atom stereocenters. The third-order valence-corrected chi connectivity index (χ3v) is 4.17. The molecule has 0 aliphatic heterocycles.